The molecule has 0 unspecified atom stereocenters. The fraction of sp³-hybridized carbons (Fsp3) is 0.409. The van der Waals surface area contributed by atoms with Gasteiger partial charge in [-0.1, -0.05) is 18.2 Å². The molecule has 0 atom stereocenters. The van der Waals surface area contributed by atoms with Crippen molar-refractivity contribution in [2.45, 2.75) is 6.42 Å². The van der Waals surface area contributed by atoms with E-state index < -0.39 is 0 Å². The van der Waals surface area contributed by atoms with Crippen LogP contribution in [0.3, 0.4) is 0 Å². The largest absolute Gasteiger partial charge is 0.486 e. The standard InChI is InChI=1S/C22H28N4O3/c27-22(24-18-7-8-20-21(17-18)29-16-15-28-20)23-9-4-10-25-11-13-26(14-12-25)19-5-2-1-3-6-19/h1-3,5-8,17H,4,9-16H2,(H2,23,24,27). The topological polar surface area (TPSA) is 66.1 Å². The number of rotatable bonds is 6. The first-order valence-corrected chi connectivity index (χ1v) is 10.2. The van der Waals surface area contributed by atoms with E-state index in [0.29, 0.717) is 31.2 Å². The third-order valence-corrected chi connectivity index (χ3v) is 5.23. The summed E-state index contributed by atoms with van der Waals surface area (Å²) in [4.78, 5) is 17.0. The van der Waals surface area contributed by atoms with Crippen LogP contribution >= 0.6 is 0 Å². The molecule has 2 heterocycles. The molecule has 1 saturated heterocycles. The van der Waals surface area contributed by atoms with Gasteiger partial charge in [-0.05, 0) is 37.2 Å². The molecule has 7 nitrogen and oxygen atoms in total. The third-order valence-electron chi connectivity index (χ3n) is 5.23. The lowest BCUT2D eigenvalue weighted by molar-refractivity contribution is 0.171. The number of para-hydroxylation sites is 1. The minimum Gasteiger partial charge on any atom is -0.486 e. The molecule has 0 aromatic heterocycles. The van der Waals surface area contributed by atoms with Crippen molar-refractivity contribution in [3.63, 3.8) is 0 Å². The van der Waals surface area contributed by atoms with Gasteiger partial charge < -0.3 is 25.0 Å². The van der Waals surface area contributed by atoms with E-state index in [2.05, 4.69) is 50.8 Å². The Morgan fingerprint density at radius 1 is 0.931 bits per heavy atom. The van der Waals surface area contributed by atoms with Crippen LogP contribution < -0.4 is 25.0 Å². The number of benzene rings is 2. The highest BCUT2D eigenvalue weighted by Gasteiger charge is 2.17. The maximum Gasteiger partial charge on any atom is 0.319 e. The quantitative estimate of drug-likeness (QED) is 0.735. The number of carbonyl (C=O) groups is 1. The second-order valence-corrected chi connectivity index (χ2v) is 7.26. The number of hydrogen-bond donors (Lipinski definition) is 2. The predicted octanol–water partition coefficient (Wildman–Crippen LogP) is 2.79. The van der Waals surface area contributed by atoms with Crippen molar-refractivity contribution in [3.8, 4) is 11.5 Å². The van der Waals surface area contributed by atoms with Crippen LogP contribution in [0.25, 0.3) is 0 Å². The lowest BCUT2D eigenvalue weighted by atomic mass is 10.2. The van der Waals surface area contributed by atoms with Crippen molar-refractivity contribution < 1.29 is 14.3 Å². The average Bonchev–Trinajstić information content (AvgIpc) is 2.78. The van der Waals surface area contributed by atoms with Crippen molar-refractivity contribution in [2.75, 3.05) is 62.7 Å². The summed E-state index contributed by atoms with van der Waals surface area (Å²) in [6, 6.07) is 15.8. The van der Waals surface area contributed by atoms with Crippen LogP contribution in [0.2, 0.25) is 0 Å². The van der Waals surface area contributed by atoms with Gasteiger partial charge in [-0.2, -0.15) is 0 Å². The van der Waals surface area contributed by atoms with Gasteiger partial charge in [0.05, 0.1) is 0 Å². The summed E-state index contributed by atoms with van der Waals surface area (Å²) < 4.78 is 11.0. The first kappa shape index (κ1) is 19.4. The third kappa shape index (κ3) is 5.32. The molecule has 29 heavy (non-hydrogen) atoms. The highest BCUT2D eigenvalue weighted by atomic mass is 16.6. The molecule has 4 rings (SSSR count). The molecular weight excluding hydrogens is 368 g/mol. The van der Waals surface area contributed by atoms with E-state index in [1.54, 1.807) is 6.07 Å². The molecule has 2 aromatic rings. The number of nitrogens with one attached hydrogen (secondary N) is 2. The first-order chi connectivity index (χ1) is 14.3. The summed E-state index contributed by atoms with van der Waals surface area (Å²) in [6.45, 7) is 6.92. The minimum absolute atomic E-state index is 0.199. The molecule has 1 fully saturated rings. The molecule has 2 N–H and O–H groups in total. The number of piperazine rings is 1. The molecule has 2 aromatic carbocycles. The molecular formula is C22H28N4O3. The van der Waals surface area contributed by atoms with Crippen LogP contribution in [0.4, 0.5) is 16.2 Å². The number of carbonyl (C=O) groups excluding carboxylic acids is 1. The molecule has 0 bridgehead atoms. The zero-order valence-electron chi connectivity index (χ0n) is 16.6. The van der Waals surface area contributed by atoms with E-state index in [0.717, 1.165) is 44.9 Å². The van der Waals surface area contributed by atoms with Gasteiger partial charge in [0.1, 0.15) is 13.2 Å². The minimum atomic E-state index is -0.199. The van der Waals surface area contributed by atoms with E-state index >= 15 is 0 Å². The number of urea groups is 1. The van der Waals surface area contributed by atoms with E-state index in [1.165, 1.54) is 5.69 Å². The van der Waals surface area contributed by atoms with Crippen LogP contribution in [-0.2, 0) is 0 Å². The van der Waals surface area contributed by atoms with Crippen LogP contribution in [0.15, 0.2) is 48.5 Å². The molecule has 2 aliphatic heterocycles. The lowest BCUT2D eigenvalue weighted by Crippen LogP contribution is -2.47. The Balaban J connectivity index is 1.13. The maximum absolute atomic E-state index is 12.1. The van der Waals surface area contributed by atoms with Crippen molar-refractivity contribution in [3.05, 3.63) is 48.5 Å². The lowest BCUT2D eigenvalue weighted by Gasteiger charge is -2.36. The summed E-state index contributed by atoms with van der Waals surface area (Å²) in [5.74, 6) is 1.39. The van der Waals surface area contributed by atoms with Crippen molar-refractivity contribution >= 4 is 17.4 Å². The number of nitrogens with zero attached hydrogens (tertiary/aromatic N) is 2. The van der Waals surface area contributed by atoms with Gasteiger partial charge in [0, 0.05) is 50.2 Å². The van der Waals surface area contributed by atoms with Gasteiger partial charge in [-0.3, -0.25) is 4.90 Å². The molecule has 7 heteroatoms. The Labute approximate surface area is 171 Å². The Kier molecular flexibility index (Phi) is 6.36. The number of anilines is 2. The summed E-state index contributed by atoms with van der Waals surface area (Å²) in [6.07, 6.45) is 0.930. The van der Waals surface area contributed by atoms with E-state index in [-0.39, 0.29) is 6.03 Å². The highest BCUT2D eigenvalue weighted by molar-refractivity contribution is 5.89. The number of hydrogen-bond acceptors (Lipinski definition) is 5. The van der Waals surface area contributed by atoms with Gasteiger partial charge in [0.15, 0.2) is 11.5 Å². The fourth-order valence-corrected chi connectivity index (χ4v) is 3.67. The SMILES string of the molecule is O=C(NCCCN1CCN(c2ccccc2)CC1)Nc1ccc2c(c1)OCCO2. The smallest absolute Gasteiger partial charge is 0.319 e. The Morgan fingerprint density at radius 2 is 1.69 bits per heavy atom. The van der Waals surface area contributed by atoms with Crippen molar-refractivity contribution in [1.82, 2.24) is 10.2 Å². The van der Waals surface area contributed by atoms with Crippen molar-refractivity contribution in [2.24, 2.45) is 0 Å². The van der Waals surface area contributed by atoms with Crippen LogP contribution in [0.5, 0.6) is 11.5 Å². The Hall–Kier alpha value is -2.93. The maximum atomic E-state index is 12.1. The Morgan fingerprint density at radius 3 is 2.48 bits per heavy atom. The van der Waals surface area contributed by atoms with Gasteiger partial charge >= 0.3 is 6.03 Å². The molecule has 0 spiro atoms. The average molecular weight is 396 g/mol. The zero-order chi connectivity index (χ0) is 19.9. The van der Waals surface area contributed by atoms with E-state index in [9.17, 15) is 4.79 Å². The summed E-state index contributed by atoms with van der Waals surface area (Å²) in [5.41, 5.74) is 1.99. The second-order valence-electron chi connectivity index (χ2n) is 7.26. The van der Waals surface area contributed by atoms with E-state index in [1.807, 2.05) is 12.1 Å². The highest BCUT2D eigenvalue weighted by Crippen LogP contribution is 2.32. The van der Waals surface area contributed by atoms with Gasteiger partial charge in [0.2, 0.25) is 0 Å². The van der Waals surface area contributed by atoms with Gasteiger partial charge in [-0.25, -0.2) is 4.79 Å². The zero-order valence-corrected chi connectivity index (χ0v) is 16.6. The van der Waals surface area contributed by atoms with Crippen molar-refractivity contribution in [1.29, 1.82) is 0 Å². The molecule has 0 saturated carbocycles. The number of ether oxygens (including phenoxy) is 2. The van der Waals surface area contributed by atoms with E-state index in [4.69, 9.17) is 9.47 Å². The summed E-state index contributed by atoms with van der Waals surface area (Å²) >= 11 is 0. The first-order valence-electron chi connectivity index (χ1n) is 10.2. The normalized spacial score (nSPS) is 16.3. The molecule has 154 valence electrons. The predicted molar refractivity (Wildman–Crippen MR) is 114 cm³/mol. The summed E-state index contributed by atoms with van der Waals surface area (Å²) in [7, 11) is 0. The molecule has 0 aliphatic carbocycles. The number of fused-ring (bicyclic) bond motifs is 1. The van der Waals surface area contributed by atoms with Gasteiger partial charge in [-0.15, -0.1) is 0 Å². The van der Waals surface area contributed by atoms with Gasteiger partial charge in [0.25, 0.3) is 0 Å². The fourth-order valence-electron chi connectivity index (χ4n) is 3.67. The Bertz CT molecular complexity index is 807. The molecule has 2 amide bonds. The van der Waals surface area contributed by atoms with Crippen LogP contribution in [0, 0.1) is 0 Å². The monoisotopic (exact) mass is 396 g/mol. The molecule has 2 aliphatic rings. The number of amides is 2. The van der Waals surface area contributed by atoms with Crippen LogP contribution in [-0.4, -0.2) is 63.4 Å². The second kappa shape index (κ2) is 9.52. The van der Waals surface area contributed by atoms with Crippen LogP contribution in [0.1, 0.15) is 6.42 Å². The molecule has 0 radical (unpaired) electrons. The summed E-state index contributed by atoms with van der Waals surface area (Å²) in [5, 5.41) is 5.77.